The molecule has 0 spiro atoms. The van der Waals surface area contributed by atoms with Gasteiger partial charge in [0.05, 0.1) is 25.3 Å². The van der Waals surface area contributed by atoms with Crippen molar-refractivity contribution < 1.29 is 9.18 Å². The number of hydrogen-bond donors (Lipinski definition) is 1. The molecule has 1 N–H and O–H groups in total. The molecule has 0 radical (unpaired) electrons. The number of rotatable bonds is 7. The van der Waals surface area contributed by atoms with Crippen LogP contribution in [0.25, 0.3) is 11.0 Å². The summed E-state index contributed by atoms with van der Waals surface area (Å²) in [5, 5.41) is 7.99. The number of amides is 1. The molecule has 4 aromatic rings. The number of nitrogens with one attached hydrogen (secondary N) is 1. The number of hydrogen-bond acceptors (Lipinski definition) is 7. The zero-order valence-corrected chi connectivity index (χ0v) is 18.7. The summed E-state index contributed by atoms with van der Waals surface area (Å²) in [5.74, 6) is 0.0413. The second-order valence-corrected chi connectivity index (χ2v) is 8.82. The fraction of sp³-hybridized carbons (Fsp3) is 0.273. The first-order valence-corrected chi connectivity index (χ1v) is 11.6. The number of thioether (sulfide) groups is 1. The summed E-state index contributed by atoms with van der Waals surface area (Å²) >= 11 is 1.46. The number of nitrogens with zero attached hydrogens (tertiary/aromatic N) is 6. The number of halogens is 1. The van der Waals surface area contributed by atoms with Crippen LogP contribution in [0.2, 0.25) is 0 Å². The highest BCUT2D eigenvalue weighted by Gasteiger charge is 2.26. The van der Waals surface area contributed by atoms with Crippen molar-refractivity contribution in [3.05, 3.63) is 81.1 Å². The van der Waals surface area contributed by atoms with E-state index in [-0.39, 0.29) is 48.4 Å². The van der Waals surface area contributed by atoms with Crippen LogP contribution in [0.15, 0.2) is 63.8 Å². The summed E-state index contributed by atoms with van der Waals surface area (Å²) in [6.45, 7) is 0.664. The van der Waals surface area contributed by atoms with E-state index in [4.69, 9.17) is 0 Å². The maximum Gasteiger partial charge on any atom is 0.264 e. The maximum absolute atomic E-state index is 13.9. The highest BCUT2D eigenvalue weighted by molar-refractivity contribution is 7.99. The van der Waals surface area contributed by atoms with E-state index < -0.39 is 0 Å². The molecule has 34 heavy (non-hydrogen) atoms. The lowest BCUT2D eigenvalue weighted by molar-refractivity contribution is -0.121. The van der Waals surface area contributed by atoms with Crippen LogP contribution < -0.4 is 16.4 Å². The molecular weight excluding hydrogens is 461 g/mol. The van der Waals surface area contributed by atoms with Gasteiger partial charge < -0.3 is 5.32 Å². The Hall–Kier alpha value is -3.80. The molecule has 12 heteroatoms. The van der Waals surface area contributed by atoms with Crippen LogP contribution in [0.1, 0.15) is 18.0 Å². The molecule has 0 aliphatic carbocycles. The molecule has 1 atom stereocenters. The van der Waals surface area contributed by atoms with E-state index in [1.165, 1.54) is 47.2 Å². The Morgan fingerprint density at radius 3 is 2.91 bits per heavy atom. The van der Waals surface area contributed by atoms with E-state index in [1.54, 1.807) is 27.4 Å². The number of benzene rings is 1. The standard InChI is InChI=1S/C22H20FN7O3S/c23-17-4-2-1-3-14(17)11-28-13-26-20-16(21(28)33)10-27-29(20)8-7-24-18(31)9-15-12-34-22-25-6-5-19(32)30(15)22/h1-6,10,13,15H,7-9,11-12H2,(H,24,31). The lowest BCUT2D eigenvalue weighted by Gasteiger charge is -2.13. The molecular formula is C22H20FN7O3S. The molecule has 0 saturated heterocycles. The molecule has 0 saturated carbocycles. The molecule has 3 aromatic heterocycles. The molecule has 1 unspecified atom stereocenters. The minimum atomic E-state index is -0.387. The van der Waals surface area contributed by atoms with E-state index in [0.717, 1.165) is 0 Å². The molecule has 1 aromatic carbocycles. The number of carbonyl (C=O) groups excluding carboxylic acids is 1. The third kappa shape index (κ3) is 4.23. The molecule has 1 amide bonds. The fourth-order valence-corrected chi connectivity index (χ4v) is 5.03. The largest absolute Gasteiger partial charge is 0.354 e. The first kappa shape index (κ1) is 22.0. The van der Waals surface area contributed by atoms with Crippen LogP contribution in [-0.2, 0) is 17.9 Å². The highest BCUT2D eigenvalue weighted by Crippen LogP contribution is 2.31. The molecule has 1 aliphatic rings. The summed E-state index contributed by atoms with van der Waals surface area (Å²) in [7, 11) is 0. The van der Waals surface area contributed by atoms with Gasteiger partial charge in [0.25, 0.3) is 11.1 Å². The van der Waals surface area contributed by atoms with Gasteiger partial charge in [0.1, 0.15) is 17.5 Å². The van der Waals surface area contributed by atoms with Gasteiger partial charge >= 0.3 is 0 Å². The monoisotopic (exact) mass is 481 g/mol. The van der Waals surface area contributed by atoms with E-state index in [9.17, 15) is 18.8 Å². The summed E-state index contributed by atoms with van der Waals surface area (Å²) in [6.07, 6.45) is 4.44. The van der Waals surface area contributed by atoms with Gasteiger partial charge in [0.2, 0.25) is 5.91 Å². The predicted octanol–water partition coefficient (Wildman–Crippen LogP) is 1.19. The van der Waals surface area contributed by atoms with Crippen LogP contribution in [0.4, 0.5) is 4.39 Å². The average molecular weight is 482 g/mol. The quantitative estimate of drug-likeness (QED) is 0.394. The number of aromatic nitrogens is 6. The SMILES string of the molecule is O=C(CC1CSc2nccc(=O)n21)NCCn1ncc2c(=O)n(Cc3ccccc3F)cnc21. The molecule has 0 bridgehead atoms. The van der Waals surface area contributed by atoms with Crippen molar-refractivity contribution in [2.75, 3.05) is 12.3 Å². The zero-order chi connectivity index (χ0) is 23.7. The first-order chi connectivity index (χ1) is 16.5. The third-order valence-corrected chi connectivity index (χ3v) is 6.71. The van der Waals surface area contributed by atoms with Gasteiger partial charge in [-0.15, -0.1) is 0 Å². The summed E-state index contributed by atoms with van der Waals surface area (Å²) in [4.78, 5) is 45.8. The maximum atomic E-state index is 13.9. The normalized spacial score (nSPS) is 14.9. The van der Waals surface area contributed by atoms with Crippen molar-refractivity contribution in [3.8, 4) is 0 Å². The summed E-state index contributed by atoms with van der Waals surface area (Å²) in [6, 6.07) is 7.42. The van der Waals surface area contributed by atoms with Crippen molar-refractivity contribution in [1.82, 2.24) is 34.2 Å². The third-order valence-electron chi connectivity index (χ3n) is 5.60. The minimum Gasteiger partial charge on any atom is -0.354 e. The molecule has 0 fully saturated rings. The number of fused-ring (bicyclic) bond motifs is 2. The summed E-state index contributed by atoms with van der Waals surface area (Å²) < 4.78 is 18.4. The lowest BCUT2D eigenvalue weighted by Crippen LogP contribution is -2.32. The van der Waals surface area contributed by atoms with E-state index in [1.807, 2.05) is 0 Å². The lowest BCUT2D eigenvalue weighted by atomic mass is 10.2. The summed E-state index contributed by atoms with van der Waals surface area (Å²) in [5.41, 5.74) is 0.299. The molecule has 5 rings (SSSR count). The van der Waals surface area contributed by atoms with E-state index in [2.05, 4.69) is 20.4 Å². The Labute approximate surface area is 196 Å². The zero-order valence-electron chi connectivity index (χ0n) is 17.9. The van der Waals surface area contributed by atoms with Crippen LogP contribution in [0, 0.1) is 5.82 Å². The van der Waals surface area contributed by atoms with Crippen molar-refractivity contribution in [1.29, 1.82) is 0 Å². The second-order valence-electron chi connectivity index (χ2n) is 7.83. The van der Waals surface area contributed by atoms with Crippen molar-refractivity contribution >= 4 is 28.7 Å². The van der Waals surface area contributed by atoms with Crippen LogP contribution in [0.5, 0.6) is 0 Å². The van der Waals surface area contributed by atoms with Gasteiger partial charge in [0, 0.05) is 36.5 Å². The Bertz CT molecular complexity index is 1500. The molecule has 10 nitrogen and oxygen atoms in total. The number of carbonyl (C=O) groups is 1. The molecule has 1 aliphatic heterocycles. The Balaban J connectivity index is 1.22. The van der Waals surface area contributed by atoms with Gasteiger partial charge in [-0.05, 0) is 6.07 Å². The van der Waals surface area contributed by atoms with Crippen molar-refractivity contribution in [2.24, 2.45) is 0 Å². The Kier molecular flexibility index (Phi) is 5.97. The van der Waals surface area contributed by atoms with Gasteiger partial charge in [-0.2, -0.15) is 5.10 Å². The molecule has 174 valence electrons. The van der Waals surface area contributed by atoms with Gasteiger partial charge in [-0.25, -0.2) is 19.0 Å². The smallest absolute Gasteiger partial charge is 0.264 e. The van der Waals surface area contributed by atoms with Crippen molar-refractivity contribution in [2.45, 2.75) is 30.7 Å². The molecule has 4 heterocycles. The topological polar surface area (TPSA) is 117 Å². The fourth-order valence-electron chi connectivity index (χ4n) is 3.91. The van der Waals surface area contributed by atoms with Crippen molar-refractivity contribution in [3.63, 3.8) is 0 Å². The minimum absolute atomic E-state index is 0.0663. The van der Waals surface area contributed by atoms with E-state index in [0.29, 0.717) is 34.1 Å². The Morgan fingerprint density at radius 1 is 1.21 bits per heavy atom. The second kappa shape index (κ2) is 9.21. The first-order valence-electron chi connectivity index (χ1n) is 10.6. The highest BCUT2D eigenvalue weighted by atomic mass is 32.2. The van der Waals surface area contributed by atoms with Gasteiger partial charge in [0.15, 0.2) is 10.8 Å². The van der Waals surface area contributed by atoms with Crippen LogP contribution >= 0.6 is 11.8 Å². The van der Waals surface area contributed by atoms with Gasteiger partial charge in [-0.3, -0.25) is 23.5 Å². The average Bonchev–Trinajstić information content (AvgIpc) is 3.42. The van der Waals surface area contributed by atoms with Gasteiger partial charge in [-0.1, -0.05) is 30.0 Å². The van der Waals surface area contributed by atoms with Crippen LogP contribution in [0.3, 0.4) is 0 Å². The van der Waals surface area contributed by atoms with E-state index >= 15 is 0 Å². The Morgan fingerprint density at radius 2 is 2.06 bits per heavy atom. The predicted molar refractivity (Wildman–Crippen MR) is 123 cm³/mol. The van der Waals surface area contributed by atoms with Crippen LogP contribution in [-0.4, -0.2) is 47.1 Å².